The molecule has 6 nitrogen and oxygen atoms in total. The fraction of sp³-hybridized carbons (Fsp3) is 0.667. The Labute approximate surface area is 125 Å². The number of hydrogen-bond acceptors (Lipinski definition) is 5. The minimum atomic E-state index is -0.185. The van der Waals surface area contributed by atoms with Crippen molar-refractivity contribution in [2.75, 3.05) is 19.0 Å². The van der Waals surface area contributed by atoms with E-state index in [1.807, 2.05) is 0 Å². The fourth-order valence-electron chi connectivity index (χ4n) is 2.58. The van der Waals surface area contributed by atoms with E-state index in [1.54, 1.807) is 13.3 Å². The lowest BCUT2D eigenvalue weighted by Gasteiger charge is -2.51. The lowest BCUT2D eigenvalue weighted by molar-refractivity contribution is -0.0942. The zero-order valence-corrected chi connectivity index (χ0v) is 13.1. The molecule has 1 fully saturated rings. The molecule has 0 aromatic carbocycles. The van der Waals surface area contributed by atoms with Crippen molar-refractivity contribution in [1.82, 2.24) is 15.3 Å². The first-order valence-electron chi connectivity index (χ1n) is 7.38. The Morgan fingerprint density at radius 2 is 2.24 bits per heavy atom. The number of amides is 1. The largest absolute Gasteiger partial charge is 0.381 e. The van der Waals surface area contributed by atoms with E-state index in [-0.39, 0.29) is 23.5 Å². The molecule has 0 bridgehead atoms. The number of carbonyl (C=O) groups excluding carboxylic acids is 1. The molecule has 0 saturated heterocycles. The lowest BCUT2D eigenvalue weighted by Crippen LogP contribution is -2.61. The van der Waals surface area contributed by atoms with Gasteiger partial charge < -0.3 is 15.4 Å². The molecule has 1 aromatic rings. The smallest absolute Gasteiger partial charge is 0.271 e. The molecule has 0 spiro atoms. The molecule has 21 heavy (non-hydrogen) atoms. The maximum atomic E-state index is 12.3. The van der Waals surface area contributed by atoms with Crippen LogP contribution in [0, 0.1) is 5.41 Å². The van der Waals surface area contributed by atoms with Gasteiger partial charge in [0.25, 0.3) is 5.91 Å². The van der Waals surface area contributed by atoms with Gasteiger partial charge in [0.15, 0.2) is 0 Å². The summed E-state index contributed by atoms with van der Waals surface area (Å²) in [5.41, 5.74) is 0.281. The second kappa shape index (κ2) is 6.39. The van der Waals surface area contributed by atoms with Crippen molar-refractivity contribution in [2.24, 2.45) is 5.41 Å². The van der Waals surface area contributed by atoms with Gasteiger partial charge in [-0.25, -0.2) is 4.98 Å². The van der Waals surface area contributed by atoms with E-state index in [9.17, 15) is 4.79 Å². The molecule has 116 valence electrons. The summed E-state index contributed by atoms with van der Waals surface area (Å²) in [5, 5.41) is 6.15. The molecule has 1 heterocycles. The summed E-state index contributed by atoms with van der Waals surface area (Å²) < 4.78 is 5.39. The quantitative estimate of drug-likeness (QED) is 0.836. The van der Waals surface area contributed by atoms with Crippen molar-refractivity contribution in [3.8, 4) is 0 Å². The molecule has 2 rings (SSSR count). The first kappa shape index (κ1) is 15.7. The highest BCUT2D eigenvalue weighted by atomic mass is 16.5. The summed E-state index contributed by atoms with van der Waals surface area (Å²) in [6.07, 6.45) is 5.13. The minimum Gasteiger partial charge on any atom is -0.381 e. The second-order valence-electron chi connectivity index (χ2n) is 6.02. The van der Waals surface area contributed by atoms with Crippen molar-refractivity contribution >= 4 is 11.7 Å². The summed E-state index contributed by atoms with van der Waals surface area (Å²) in [6, 6.07) is 0.101. The molecule has 2 atom stereocenters. The van der Waals surface area contributed by atoms with Gasteiger partial charge in [0, 0.05) is 25.1 Å². The van der Waals surface area contributed by atoms with Crippen LogP contribution in [0.4, 0.5) is 5.82 Å². The van der Waals surface area contributed by atoms with Crippen molar-refractivity contribution in [2.45, 2.75) is 45.8 Å². The van der Waals surface area contributed by atoms with Crippen LogP contribution in [-0.4, -0.2) is 41.7 Å². The Kier molecular flexibility index (Phi) is 4.77. The van der Waals surface area contributed by atoms with E-state index in [0.29, 0.717) is 11.5 Å². The van der Waals surface area contributed by atoms with Crippen LogP contribution in [0.1, 0.15) is 44.1 Å². The Hall–Kier alpha value is -1.69. The molecular formula is C15H24N4O2. The molecule has 0 aliphatic heterocycles. The molecule has 1 aliphatic carbocycles. The maximum Gasteiger partial charge on any atom is 0.271 e. The molecule has 1 saturated carbocycles. The average Bonchev–Trinajstić information content (AvgIpc) is 2.49. The highest BCUT2D eigenvalue weighted by molar-refractivity contribution is 5.92. The van der Waals surface area contributed by atoms with Gasteiger partial charge in [0.1, 0.15) is 11.5 Å². The number of nitrogens with one attached hydrogen (secondary N) is 2. The first-order valence-corrected chi connectivity index (χ1v) is 7.38. The van der Waals surface area contributed by atoms with Crippen LogP contribution in [0.2, 0.25) is 0 Å². The monoisotopic (exact) mass is 292 g/mol. The number of carbonyl (C=O) groups is 1. The van der Waals surface area contributed by atoms with Crippen molar-refractivity contribution in [3.63, 3.8) is 0 Å². The predicted octanol–water partition coefficient (Wildman–Crippen LogP) is 1.84. The molecule has 1 aromatic heterocycles. The molecular weight excluding hydrogens is 268 g/mol. The number of ether oxygens (including phenoxy) is 1. The van der Waals surface area contributed by atoms with Gasteiger partial charge in [-0.15, -0.1) is 0 Å². The third-order valence-electron chi connectivity index (χ3n) is 4.19. The third-order valence-corrected chi connectivity index (χ3v) is 4.19. The van der Waals surface area contributed by atoms with E-state index in [0.717, 1.165) is 19.4 Å². The van der Waals surface area contributed by atoms with Crippen molar-refractivity contribution in [1.29, 1.82) is 0 Å². The van der Waals surface area contributed by atoms with E-state index in [4.69, 9.17) is 4.74 Å². The van der Waals surface area contributed by atoms with Gasteiger partial charge in [0.05, 0.1) is 18.5 Å². The van der Waals surface area contributed by atoms with Gasteiger partial charge in [0.2, 0.25) is 0 Å². The predicted molar refractivity (Wildman–Crippen MR) is 81.3 cm³/mol. The van der Waals surface area contributed by atoms with E-state index >= 15 is 0 Å². The molecule has 1 aliphatic rings. The summed E-state index contributed by atoms with van der Waals surface area (Å²) in [7, 11) is 1.71. The topological polar surface area (TPSA) is 76.1 Å². The Balaban J connectivity index is 1.98. The Morgan fingerprint density at radius 3 is 2.86 bits per heavy atom. The van der Waals surface area contributed by atoms with Crippen molar-refractivity contribution in [3.05, 3.63) is 18.1 Å². The molecule has 2 unspecified atom stereocenters. The summed E-state index contributed by atoms with van der Waals surface area (Å²) >= 11 is 0. The van der Waals surface area contributed by atoms with Crippen LogP contribution in [0.25, 0.3) is 0 Å². The van der Waals surface area contributed by atoms with Gasteiger partial charge in [-0.1, -0.05) is 20.8 Å². The van der Waals surface area contributed by atoms with Gasteiger partial charge in [-0.05, 0) is 12.8 Å². The molecule has 0 radical (unpaired) electrons. The number of aromatic nitrogens is 2. The maximum absolute atomic E-state index is 12.3. The van der Waals surface area contributed by atoms with Crippen LogP contribution in [0.3, 0.4) is 0 Å². The molecule has 1 amide bonds. The van der Waals surface area contributed by atoms with Crippen LogP contribution in [0.15, 0.2) is 12.4 Å². The van der Waals surface area contributed by atoms with Crippen LogP contribution < -0.4 is 10.6 Å². The van der Waals surface area contributed by atoms with Crippen LogP contribution in [0.5, 0.6) is 0 Å². The summed E-state index contributed by atoms with van der Waals surface area (Å²) in [4.78, 5) is 20.6. The first-order chi connectivity index (χ1) is 9.98. The number of nitrogens with zero attached hydrogens (tertiary/aromatic N) is 2. The van der Waals surface area contributed by atoms with Crippen LogP contribution >= 0.6 is 0 Å². The highest BCUT2D eigenvalue weighted by Gasteiger charge is 2.49. The zero-order chi connectivity index (χ0) is 15.5. The fourth-order valence-corrected chi connectivity index (χ4v) is 2.58. The number of anilines is 1. The van der Waals surface area contributed by atoms with E-state index in [1.165, 1.54) is 6.20 Å². The number of rotatable bonds is 6. The molecule has 6 heteroatoms. The Bertz CT molecular complexity index is 504. The minimum absolute atomic E-state index is 0.0596. The number of hydrogen-bond donors (Lipinski definition) is 2. The van der Waals surface area contributed by atoms with Crippen LogP contribution in [-0.2, 0) is 4.74 Å². The number of methoxy groups -OCH3 is 1. The Morgan fingerprint density at radius 1 is 1.48 bits per heavy atom. The van der Waals surface area contributed by atoms with E-state index < -0.39 is 0 Å². The normalized spacial score (nSPS) is 23.2. The lowest BCUT2D eigenvalue weighted by atomic mass is 9.64. The van der Waals surface area contributed by atoms with E-state index in [2.05, 4.69) is 41.4 Å². The highest BCUT2D eigenvalue weighted by Crippen LogP contribution is 2.42. The summed E-state index contributed by atoms with van der Waals surface area (Å²) in [6.45, 7) is 7.08. The van der Waals surface area contributed by atoms with Gasteiger partial charge >= 0.3 is 0 Å². The third kappa shape index (κ3) is 3.32. The van der Waals surface area contributed by atoms with Gasteiger partial charge in [-0.3, -0.25) is 9.78 Å². The average molecular weight is 292 g/mol. The van der Waals surface area contributed by atoms with Crippen molar-refractivity contribution < 1.29 is 9.53 Å². The van der Waals surface area contributed by atoms with Gasteiger partial charge in [-0.2, -0.15) is 0 Å². The summed E-state index contributed by atoms with van der Waals surface area (Å²) in [5.74, 6) is 0.447. The standard InChI is InChI=1S/C15H24N4O2/c1-5-6-17-13-9-16-8-10(18-13)14(20)19-11-7-12(21-4)15(11,2)3/h8-9,11-12H,5-7H2,1-4H3,(H,17,18)(H,19,20). The second-order valence-corrected chi connectivity index (χ2v) is 6.02. The zero-order valence-electron chi connectivity index (χ0n) is 13.1. The SMILES string of the molecule is CCCNc1cncc(C(=O)NC2CC(OC)C2(C)C)n1. The molecule has 2 N–H and O–H groups in total.